The first-order valence-corrected chi connectivity index (χ1v) is 9.17. The first-order valence-electron chi connectivity index (χ1n) is 9.17. The van der Waals surface area contributed by atoms with Gasteiger partial charge in [-0.25, -0.2) is 10.0 Å². The van der Waals surface area contributed by atoms with Crippen LogP contribution < -0.4 is 9.47 Å². The van der Waals surface area contributed by atoms with Crippen molar-refractivity contribution in [1.82, 2.24) is 10.0 Å². The predicted octanol–water partition coefficient (Wildman–Crippen LogP) is 3.14. The summed E-state index contributed by atoms with van der Waals surface area (Å²) in [5.74, 6) is 1.11. The number of Topliss-reactive ketones (excluding diaryl/α,β-unsaturated/α-hetero) is 1. The summed E-state index contributed by atoms with van der Waals surface area (Å²) < 4.78 is 10.9. The standard InChI is InChI=1S/C21H28N2O4/c1-21(2)11-16-20(17(24)12-21)15(10-19(25)23(16)22(3)4)14-9-13(26-5)7-8-18(14)27-6/h7-9,15H,10-12H2,1-6H3/t15-/m0/s1. The quantitative estimate of drug-likeness (QED) is 0.813. The molecule has 3 rings (SSSR count). The first kappa shape index (κ1) is 19.4. The highest BCUT2D eigenvalue weighted by Crippen LogP contribution is 2.49. The molecule has 1 aromatic rings. The Morgan fingerprint density at radius 1 is 1.11 bits per heavy atom. The number of allylic oxidation sites excluding steroid dienone is 2. The number of carbonyl (C=O) groups excluding carboxylic acids is 2. The number of hydrazine groups is 1. The van der Waals surface area contributed by atoms with E-state index in [9.17, 15) is 9.59 Å². The van der Waals surface area contributed by atoms with Crippen LogP contribution >= 0.6 is 0 Å². The van der Waals surface area contributed by atoms with Gasteiger partial charge in [0.15, 0.2) is 5.78 Å². The molecule has 0 spiro atoms. The Kier molecular flexibility index (Phi) is 5.04. The maximum Gasteiger partial charge on any atom is 0.242 e. The Labute approximate surface area is 160 Å². The molecule has 6 nitrogen and oxygen atoms in total. The van der Waals surface area contributed by atoms with Crippen molar-refractivity contribution in [2.24, 2.45) is 5.41 Å². The van der Waals surface area contributed by atoms with Crippen molar-refractivity contribution in [3.05, 3.63) is 35.0 Å². The third-order valence-electron chi connectivity index (χ3n) is 5.33. The maximum absolute atomic E-state index is 13.2. The Morgan fingerprint density at radius 3 is 2.41 bits per heavy atom. The Bertz CT molecular complexity index is 810. The molecule has 1 atom stereocenters. The van der Waals surface area contributed by atoms with E-state index in [-0.39, 0.29) is 29.4 Å². The number of amides is 1. The molecule has 0 bridgehead atoms. The number of ketones is 1. The zero-order chi connectivity index (χ0) is 19.9. The molecule has 1 aliphatic carbocycles. The second-order valence-electron chi connectivity index (χ2n) is 8.22. The van der Waals surface area contributed by atoms with Crippen LogP contribution in [0.15, 0.2) is 29.5 Å². The lowest BCUT2D eigenvalue weighted by atomic mass is 9.69. The number of benzene rings is 1. The van der Waals surface area contributed by atoms with Gasteiger partial charge in [-0.2, -0.15) is 0 Å². The molecule has 0 aromatic heterocycles. The molecule has 0 saturated heterocycles. The van der Waals surface area contributed by atoms with Gasteiger partial charge in [0.05, 0.1) is 14.2 Å². The molecular weight excluding hydrogens is 344 g/mol. The van der Waals surface area contributed by atoms with E-state index in [2.05, 4.69) is 13.8 Å². The monoisotopic (exact) mass is 372 g/mol. The summed E-state index contributed by atoms with van der Waals surface area (Å²) in [6, 6.07) is 5.52. The van der Waals surface area contributed by atoms with Crippen molar-refractivity contribution in [2.75, 3.05) is 28.3 Å². The van der Waals surface area contributed by atoms with Gasteiger partial charge in [0, 0.05) is 49.7 Å². The van der Waals surface area contributed by atoms with Crippen molar-refractivity contribution in [3.63, 3.8) is 0 Å². The van der Waals surface area contributed by atoms with Crippen molar-refractivity contribution in [3.8, 4) is 11.5 Å². The van der Waals surface area contributed by atoms with E-state index in [1.807, 2.05) is 32.3 Å². The Morgan fingerprint density at radius 2 is 1.81 bits per heavy atom. The lowest BCUT2D eigenvalue weighted by Gasteiger charge is -2.44. The van der Waals surface area contributed by atoms with Gasteiger partial charge in [-0.15, -0.1) is 0 Å². The lowest BCUT2D eigenvalue weighted by molar-refractivity contribution is -0.143. The maximum atomic E-state index is 13.2. The second-order valence-corrected chi connectivity index (χ2v) is 8.22. The topological polar surface area (TPSA) is 59.1 Å². The van der Waals surface area contributed by atoms with Crippen LogP contribution in [0.4, 0.5) is 0 Å². The summed E-state index contributed by atoms with van der Waals surface area (Å²) in [5.41, 5.74) is 2.19. The van der Waals surface area contributed by atoms with Crippen LogP contribution in [0.1, 0.15) is 44.6 Å². The second kappa shape index (κ2) is 7.00. The molecule has 0 N–H and O–H groups in total. The highest BCUT2D eigenvalue weighted by Gasteiger charge is 2.45. The van der Waals surface area contributed by atoms with Gasteiger partial charge in [-0.05, 0) is 30.0 Å². The van der Waals surface area contributed by atoms with Gasteiger partial charge in [0.2, 0.25) is 5.91 Å². The number of ether oxygens (including phenoxy) is 2. The summed E-state index contributed by atoms with van der Waals surface area (Å²) >= 11 is 0. The van der Waals surface area contributed by atoms with Gasteiger partial charge in [-0.3, -0.25) is 9.59 Å². The first-order chi connectivity index (χ1) is 12.7. The Hall–Kier alpha value is -2.34. The van der Waals surface area contributed by atoms with Crippen LogP contribution in [0.2, 0.25) is 0 Å². The number of carbonyl (C=O) groups is 2. The largest absolute Gasteiger partial charge is 0.497 e. The molecule has 27 heavy (non-hydrogen) atoms. The van der Waals surface area contributed by atoms with Crippen LogP contribution in [0, 0.1) is 5.41 Å². The van der Waals surface area contributed by atoms with E-state index in [0.29, 0.717) is 24.3 Å². The van der Waals surface area contributed by atoms with E-state index in [4.69, 9.17) is 9.47 Å². The summed E-state index contributed by atoms with van der Waals surface area (Å²) in [6.07, 6.45) is 1.39. The molecule has 0 fully saturated rings. The third-order valence-corrected chi connectivity index (χ3v) is 5.33. The molecule has 1 aliphatic heterocycles. The summed E-state index contributed by atoms with van der Waals surface area (Å²) in [5, 5.41) is 3.43. The van der Waals surface area contributed by atoms with E-state index < -0.39 is 0 Å². The predicted molar refractivity (Wildman–Crippen MR) is 102 cm³/mol. The van der Waals surface area contributed by atoms with Crippen LogP contribution in [0.3, 0.4) is 0 Å². The molecule has 0 unspecified atom stereocenters. The van der Waals surface area contributed by atoms with Crippen molar-refractivity contribution >= 4 is 11.7 Å². The Balaban J connectivity index is 2.21. The molecule has 2 aliphatic rings. The number of nitrogens with zero attached hydrogens (tertiary/aromatic N) is 2. The van der Waals surface area contributed by atoms with Gasteiger partial charge >= 0.3 is 0 Å². The van der Waals surface area contributed by atoms with Gasteiger partial charge in [0.1, 0.15) is 11.5 Å². The van der Waals surface area contributed by atoms with Gasteiger partial charge in [0.25, 0.3) is 0 Å². The highest BCUT2D eigenvalue weighted by atomic mass is 16.5. The minimum absolute atomic E-state index is 0.0147. The zero-order valence-corrected chi connectivity index (χ0v) is 17.0. The van der Waals surface area contributed by atoms with E-state index in [1.54, 1.807) is 24.2 Å². The molecule has 1 aromatic carbocycles. The number of hydrogen-bond acceptors (Lipinski definition) is 5. The van der Waals surface area contributed by atoms with Crippen LogP contribution in [0.5, 0.6) is 11.5 Å². The van der Waals surface area contributed by atoms with Crippen LogP contribution in [-0.4, -0.2) is 50.0 Å². The van der Waals surface area contributed by atoms with Crippen LogP contribution in [-0.2, 0) is 9.59 Å². The molecule has 146 valence electrons. The average molecular weight is 372 g/mol. The highest BCUT2D eigenvalue weighted by molar-refractivity contribution is 6.02. The fourth-order valence-electron chi connectivity index (χ4n) is 4.24. The zero-order valence-electron chi connectivity index (χ0n) is 17.0. The molecule has 1 heterocycles. The van der Waals surface area contributed by atoms with E-state index in [1.165, 1.54) is 0 Å². The smallest absolute Gasteiger partial charge is 0.242 e. The fourth-order valence-corrected chi connectivity index (χ4v) is 4.24. The third kappa shape index (κ3) is 3.46. The average Bonchev–Trinajstić information content (AvgIpc) is 2.58. The van der Waals surface area contributed by atoms with Crippen LogP contribution in [0.25, 0.3) is 0 Å². The summed E-state index contributed by atoms with van der Waals surface area (Å²) in [4.78, 5) is 26.2. The molecular formula is C21H28N2O4. The molecule has 0 radical (unpaired) electrons. The minimum atomic E-state index is -0.322. The number of rotatable bonds is 4. The number of hydrogen-bond donors (Lipinski definition) is 0. The van der Waals surface area contributed by atoms with Crippen molar-refractivity contribution in [2.45, 2.75) is 39.0 Å². The van der Waals surface area contributed by atoms with E-state index >= 15 is 0 Å². The fraction of sp³-hybridized carbons (Fsp3) is 0.524. The normalized spacial score (nSPS) is 22.2. The minimum Gasteiger partial charge on any atom is -0.497 e. The summed E-state index contributed by atoms with van der Waals surface area (Å²) in [7, 11) is 6.87. The molecule has 6 heteroatoms. The van der Waals surface area contributed by atoms with Gasteiger partial charge in [-0.1, -0.05) is 13.8 Å². The van der Waals surface area contributed by atoms with Gasteiger partial charge < -0.3 is 9.47 Å². The van der Waals surface area contributed by atoms with Crippen molar-refractivity contribution < 1.29 is 19.1 Å². The van der Waals surface area contributed by atoms with E-state index in [0.717, 1.165) is 16.8 Å². The number of methoxy groups -OCH3 is 2. The molecule has 1 amide bonds. The van der Waals surface area contributed by atoms with Crippen molar-refractivity contribution in [1.29, 1.82) is 0 Å². The SMILES string of the molecule is COc1ccc(OC)c([C@@H]2CC(=O)N(N(C)C)C3=C2C(=O)CC(C)(C)C3)c1. The lowest BCUT2D eigenvalue weighted by Crippen LogP contribution is -2.49. The molecule has 0 saturated carbocycles. The summed E-state index contributed by atoms with van der Waals surface area (Å²) in [6.45, 7) is 4.14.